The van der Waals surface area contributed by atoms with Crippen LogP contribution in [0.15, 0.2) is 36.9 Å². The standard InChI is InChI=1S/C21H22F3N5O3S.C2H4O2/c1-13-3-4-17-18(28-13)6-5-16(14-9-27-29(12-14)7-8-33(2,30)31)19(17)32-20-25-10-15(11-26-20)21(22,23)24;1-4-2-3/h5-6,9-13,28H,3-4,7-8H2,1-2H3;2H,1H3/t13-;/m0./s1. The van der Waals surface area contributed by atoms with Crippen LogP contribution in [0.3, 0.4) is 0 Å². The lowest BCUT2D eigenvalue weighted by molar-refractivity contribution is -0.138. The number of methoxy groups -OCH3 is 1. The summed E-state index contributed by atoms with van der Waals surface area (Å²) >= 11 is 0. The zero-order valence-corrected chi connectivity index (χ0v) is 21.1. The van der Waals surface area contributed by atoms with Crippen LogP contribution in [-0.4, -0.2) is 59.8 Å². The van der Waals surface area contributed by atoms with Gasteiger partial charge in [0.1, 0.15) is 15.6 Å². The third-order valence-electron chi connectivity index (χ3n) is 5.37. The molecule has 1 aliphatic rings. The molecule has 0 saturated heterocycles. The Balaban J connectivity index is 0.000000886. The number of rotatable bonds is 7. The minimum atomic E-state index is -4.55. The average molecular weight is 542 g/mol. The van der Waals surface area contributed by atoms with Crippen LogP contribution in [0.2, 0.25) is 0 Å². The molecule has 1 atom stereocenters. The molecule has 37 heavy (non-hydrogen) atoms. The summed E-state index contributed by atoms with van der Waals surface area (Å²) < 4.78 is 72.8. The van der Waals surface area contributed by atoms with E-state index >= 15 is 0 Å². The number of nitrogens with zero attached hydrogens (tertiary/aromatic N) is 4. The number of anilines is 1. The summed E-state index contributed by atoms with van der Waals surface area (Å²) in [6.07, 6.45) is 2.79. The first-order valence-electron chi connectivity index (χ1n) is 11.1. The van der Waals surface area contributed by atoms with Crippen LogP contribution in [0.25, 0.3) is 11.1 Å². The van der Waals surface area contributed by atoms with Gasteiger partial charge in [0, 0.05) is 53.3 Å². The van der Waals surface area contributed by atoms with Crippen molar-refractivity contribution in [3.63, 3.8) is 0 Å². The molecule has 14 heteroatoms. The number of hydrogen-bond donors (Lipinski definition) is 1. The Morgan fingerprint density at radius 2 is 1.89 bits per heavy atom. The molecule has 0 bridgehead atoms. The van der Waals surface area contributed by atoms with Crippen molar-refractivity contribution >= 4 is 22.0 Å². The summed E-state index contributed by atoms with van der Waals surface area (Å²) in [7, 11) is -1.84. The maximum atomic E-state index is 12.9. The van der Waals surface area contributed by atoms with Crippen LogP contribution in [-0.2, 0) is 38.5 Å². The maximum Gasteiger partial charge on any atom is 0.419 e. The summed E-state index contributed by atoms with van der Waals surface area (Å²) in [4.78, 5) is 16.4. The molecule has 200 valence electrons. The first kappa shape index (κ1) is 27.9. The molecule has 4 rings (SSSR count). The number of halogens is 3. The molecule has 2 aromatic heterocycles. The summed E-state index contributed by atoms with van der Waals surface area (Å²) in [6.45, 7) is 2.63. The van der Waals surface area contributed by atoms with Gasteiger partial charge in [-0.2, -0.15) is 18.3 Å². The first-order chi connectivity index (χ1) is 17.4. The molecule has 0 aliphatic carbocycles. The van der Waals surface area contributed by atoms with E-state index in [2.05, 4.69) is 32.0 Å². The lowest BCUT2D eigenvalue weighted by Gasteiger charge is -2.27. The van der Waals surface area contributed by atoms with Gasteiger partial charge in [0.2, 0.25) is 0 Å². The van der Waals surface area contributed by atoms with E-state index in [0.717, 1.165) is 23.9 Å². The predicted octanol–water partition coefficient (Wildman–Crippen LogP) is 3.73. The summed E-state index contributed by atoms with van der Waals surface area (Å²) in [5.74, 6) is 0.373. The summed E-state index contributed by atoms with van der Waals surface area (Å²) in [5, 5.41) is 7.61. The quantitative estimate of drug-likeness (QED) is 0.445. The number of aromatic nitrogens is 4. The number of fused-ring (bicyclic) bond motifs is 1. The van der Waals surface area contributed by atoms with Gasteiger partial charge in [0.15, 0.2) is 0 Å². The van der Waals surface area contributed by atoms with E-state index in [1.54, 1.807) is 12.4 Å². The monoisotopic (exact) mass is 541 g/mol. The minimum absolute atomic E-state index is 0.0527. The lowest BCUT2D eigenvalue weighted by Crippen LogP contribution is -2.22. The van der Waals surface area contributed by atoms with Gasteiger partial charge in [-0.1, -0.05) is 0 Å². The highest BCUT2D eigenvalue weighted by molar-refractivity contribution is 7.90. The van der Waals surface area contributed by atoms with E-state index in [1.807, 2.05) is 12.1 Å². The fraction of sp³-hybridized carbons (Fsp3) is 0.391. The molecule has 3 heterocycles. The normalized spacial score (nSPS) is 15.0. The fourth-order valence-corrected chi connectivity index (χ4v) is 4.06. The number of carbonyl (C=O) groups excluding carboxylic acids is 1. The summed E-state index contributed by atoms with van der Waals surface area (Å²) in [5.41, 5.74) is 2.08. The van der Waals surface area contributed by atoms with Gasteiger partial charge < -0.3 is 14.8 Å². The highest BCUT2D eigenvalue weighted by Crippen LogP contribution is 2.42. The van der Waals surface area contributed by atoms with Gasteiger partial charge in [-0.3, -0.25) is 9.48 Å². The number of hydrogen-bond acceptors (Lipinski definition) is 9. The minimum Gasteiger partial charge on any atom is -0.471 e. The van der Waals surface area contributed by atoms with Crippen LogP contribution in [0.4, 0.5) is 18.9 Å². The molecule has 0 amide bonds. The van der Waals surface area contributed by atoms with Crippen LogP contribution in [0.1, 0.15) is 24.5 Å². The largest absolute Gasteiger partial charge is 0.471 e. The number of carbonyl (C=O) groups is 1. The molecule has 0 unspecified atom stereocenters. The van der Waals surface area contributed by atoms with E-state index < -0.39 is 21.6 Å². The van der Waals surface area contributed by atoms with E-state index in [0.29, 0.717) is 42.2 Å². The van der Waals surface area contributed by atoms with Crippen molar-refractivity contribution in [3.05, 3.63) is 48.0 Å². The molecule has 0 spiro atoms. The third kappa shape index (κ3) is 7.65. The van der Waals surface area contributed by atoms with Gasteiger partial charge in [-0.25, -0.2) is 18.4 Å². The molecular weight excluding hydrogens is 515 g/mol. The smallest absolute Gasteiger partial charge is 0.419 e. The Labute approximate surface area is 211 Å². The van der Waals surface area contributed by atoms with Crippen molar-refractivity contribution in [3.8, 4) is 22.9 Å². The fourth-order valence-electron chi connectivity index (χ4n) is 3.54. The van der Waals surface area contributed by atoms with Gasteiger partial charge >= 0.3 is 12.2 Å². The predicted molar refractivity (Wildman–Crippen MR) is 129 cm³/mol. The van der Waals surface area contributed by atoms with Crippen LogP contribution >= 0.6 is 0 Å². The van der Waals surface area contributed by atoms with Crippen molar-refractivity contribution in [1.29, 1.82) is 0 Å². The molecule has 3 aromatic rings. The Morgan fingerprint density at radius 3 is 2.49 bits per heavy atom. The number of benzene rings is 1. The van der Waals surface area contributed by atoms with E-state index in [9.17, 15) is 21.6 Å². The maximum absolute atomic E-state index is 12.9. The number of sulfone groups is 1. The second kappa shape index (κ2) is 11.6. The van der Waals surface area contributed by atoms with Crippen molar-refractivity contribution in [1.82, 2.24) is 19.7 Å². The van der Waals surface area contributed by atoms with E-state index in [4.69, 9.17) is 9.53 Å². The second-order valence-corrected chi connectivity index (χ2v) is 10.6. The Bertz CT molecular complexity index is 1330. The zero-order chi connectivity index (χ0) is 27.2. The van der Waals surface area contributed by atoms with Gasteiger partial charge in [-0.05, 0) is 31.9 Å². The third-order valence-corrected chi connectivity index (χ3v) is 6.29. The van der Waals surface area contributed by atoms with E-state index in [-0.39, 0.29) is 24.3 Å². The molecule has 0 radical (unpaired) electrons. The second-order valence-electron chi connectivity index (χ2n) is 8.36. The van der Waals surface area contributed by atoms with Crippen molar-refractivity contribution in [2.75, 3.05) is 24.4 Å². The van der Waals surface area contributed by atoms with Crippen molar-refractivity contribution in [2.24, 2.45) is 0 Å². The molecule has 1 aromatic carbocycles. The van der Waals surface area contributed by atoms with Gasteiger partial charge in [-0.15, -0.1) is 0 Å². The van der Waals surface area contributed by atoms with E-state index in [1.165, 1.54) is 11.8 Å². The first-order valence-corrected chi connectivity index (χ1v) is 13.1. The van der Waals surface area contributed by atoms with Crippen molar-refractivity contribution < 1.29 is 35.9 Å². The molecule has 1 aliphatic heterocycles. The zero-order valence-electron chi connectivity index (χ0n) is 20.3. The Hall–Kier alpha value is -3.68. The Kier molecular flexibility index (Phi) is 8.73. The highest BCUT2D eigenvalue weighted by Gasteiger charge is 2.31. The van der Waals surface area contributed by atoms with Crippen LogP contribution in [0.5, 0.6) is 11.8 Å². The Morgan fingerprint density at radius 1 is 1.22 bits per heavy atom. The van der Waals surface area contributed by atoms with Crippen LogP contribution < -0.4 is 10.1 Å². The molecule has 1 N–H and O–H groups in total. The molecular formula is C23H26F3N5O5S. The molecule has 10 nitrogen and oxygen atoms in total. The average Bonchev–Trinajstić information content (AvgIpc) is 3.31. The highest BCUT2D eigenvalue weighted by atomic mass is 32.2. The number of nitrogens with one attached hydrogen (secondary N) is 1. The molecule has 0 saturated carbocycles. The van der Waals surface area contributed by atoms with Gasteiger partial charge in [0.05, 0.1) is 31.2 Å². The number of aryl methyl sites for hydroxylation is 1. The SMILES string of the molecule is COC=O.C[C@H]1CCc2c(ccc(-c3cnn(CCS(C)(=O)=O)c3)c2Oc2ncc(C(F)(F)F)cn2)N1. The number of alkyl halides is 3. The van der Waals surface area contributed by atoms with Crippen LogP contribution in [0, 0.1) is 0 Å². The lowest BCUT2D eigenvalue weighted by atomic mass is 9.94. The number of ether oxygens (including phenoxy) is 2. The van der Waals surface area contributed by atoms with Crippen molar-refractivity contribution in [2.45, 2.75) is 38.5 Å². The van der Waals surface area contributed by atoms with Gasteiger partial charge in [0.25, 0.3) is 6.47 Å². The summed E-state index contributed by atoms with van der Waals surface area (Å²) in [6, 6.07) is 3.79. The molecule has 0 fully saturated rings. The topological polar surface area (TPSA) is 125 Å².